The van der Waals surface area contributed by atoms with Crippen molar-refractivity contribution in [1.29, 1.82) is 0 Å². The molecule has 0 heterocycles. The number of rotatable bonds is 5. The third-order valence-corrected chi connectivity index (χ3v) is 3.70. The van der Waals surface area contributed by atoms with E-state index in [0.29, 0.717) is 28.2 Å². The molecule has 20 heavy (non-hydrogen) atoms. The van der Waals surface area contributed by atoms with E-state index in [9.17, 15) is 0 Å². The van der Waals surface area contributed by atoms with Crippen LogP contribution in [-0.2, 0) is 11.3 Å². The molecular weight excluding hydrogens is 317 g/mol. The second kappa shape index (κ2) is 7.30. The summed E-state index contributed by atoms with van der Waals surface area (Å²) < 4.78 is 5.83. The molecule has 0 saturated heterocycles. The van der Waals surface area contributed by atoms with Gasteiger partial charge in [0.15, 0.2) is 0 Å². The molecule has 0 fully saturated rings. The lowest BCUT2D eigenvalue weighted by Gasteiger charge is -2.18. The molecule has 0 bridgehead atoms. The Labute approximate surface area is 133 Å². The normalized spacial score (nSPS) is 12.4. The van der Waals surface area contributed by atoms with Gasteiger partial charge in [-0.3, -0.25) is 0 Å². The highest BCUT2D eigenvalue weighted by Crippen LogP contribution is 2.28. The van der Waals surface area contributed by atoms with Gasteiger partial charge < -0.3 is 10.5 Å². The summed E-state index contributed by atoms with van der Waals surface area (Å²) in [4.78, 5) is 0. The molecule has 106 valence electrons. The third-order valence-electron chi connectivity index (χ3n) is 2.89. The van der Waals surface area contributed by atoms with Gasteiger partial charge in [-0.05, 0) is 29.8 Å². The Balaban J connectivity index is 2.07. The van der Waals surface area contributed by atoms with Crippen LogP contribution in [0.4, 0.5) is 0 Å². The van der Waals surface area contributed by atoms with Gasteiger partial charge in [0.25, 0.3) is 0 Å². The molecule has 0 radical (unpaired) electrons. The molecule has 1 unspecified atom stereocenters. The van der Waals surface area contributed by atoms with E-state index < -0.39 is 0 Å². The summed E-state index contributed by atoms with van der Waals surface area (Å²) in [6.07, 6.45) is -0.268. The molecule has 0 amide bonds. The van der Waals surface area contributed by atoms with Gasteiger partial charge >= 0.3 is 0 Å². The molecule has 0 aliphatic carbocycles. The number of hydrogen-bond acceptors (Lipinski definition) is 2. The minimum Gasteiger partial charge on any atom is -0.367 e. The predicted molar refractivity (Wildman–Crippen MR) is 84.5 cm³/mol. The van der Waals surface area contributed by atoms with E-state index in [4.69, 9.17) is 45.3 Å². The standard InChI is InChI=1S/C15H14Cl3NO/c16-11-3-1-10(2-4-11)9-20-15(8-19)13-6-5-12(17)7-14(13)18/h1-7,15H,8-9,19H2. The summed E-state index contributed by atoms with van der Waals surface area (Å²) in [5.74, 6) is 0. The molecule has 2 nitrogen and oxygen atoms in total. The van der Waals surface area contributed by atoms with Gasteiger partial charge in [-0.25, -0.2) is 0 Å². The van der Waals surface area contributed by atoms with E-state index in [1.165, 1.54) is 0 Å². The lowest BCUT2D eigenvalue weighted by Crippen LogP contribution is -2.16. The highest BCUT2D eigenvalue weighted by molar-refractivity contribution is 6.35. The zero-order valence-corrected chi connectivity index (χ0v) is 12.9. The predicted octanol–water partition coefficient (Wildman–Crippen LogP) is 4.86. The summed E-state index contributed by atoms with van der Waals surface area (Å²) in [6, 6.07) is 12.8. The van der Waals surface area contributed by atoms with Gasteiger partial charge in [0, 0.05) is 27.2 Å². The Hall–Kier alpha value is -0.770. The van der Waals surface area contributed by atoms with Crippen molar-refractivity contribution in [1.82, 2.24) is 0 Å². The van der Waals surface area contributed by atoms with Crippen LogP contribution >= 0.6 is 34.8 Å². The first-order chi connectivity index (χ1) is 9.60. The van der Waals surface area contributed by atoms with Gasteiger partial charge in [0.1, 0.15) is 0 Å². The first-order valence-electron chi connectivity index (χ1n) is 6.11. The van der Waals surface area contributed by atoms with Crippen molar-refractivity contribution < 1.29 is 4.74 Å². The second-order valence-corrected chi connectivity index (χ2v) is 5.61. The lowest BCUT2D eigenvalue weighted by atomic mass is 10.1. The van der Waals surface area contributed by atoms with Crippen LogP contribution < -0.4 is 5.73 Å². The fourth-order valence-electron chi connectivity index (χ4n) is 1.82. The van der Waals surface area contributed by atoms with E-state index in [1.807, 2.05) is 30.3 Å². The van der Waals surface area contributed by atoms with E-state index in [0.717, 1.165) is 11.1 Å². The molecule has 0 spiro atoms. The quantitative estimate of drug-likeness (QED) is 0.849. The fraction of sp³-hybridized carbons (Fsp3) is 0.200. The van der Waals surface area contributed by atoms with Crippen molar-refractivity contribution in [3.05, 3.63) is 68.7 Å². The largest absolute Gasteiger partial charge is 0.367 e. The molecule has 0 aliphatic rings. The Morgan fingerprint density at radius 3 is 2.20 bits per heavy atom. The van der Waals surface area contributed by atoms with Crippen molar-refractivity contribution in [2.24, 2.45) is 5.73 Å². The average Bonchev–Trinajstić information content (AvgIpc) is 2.43. The average molecular weight is 331 g/mol. The molecule has 1 atom stereocenters. The zero-order valence-electron chi connectivity index (χ0n) is 10.7. The minimum absolute atomic E-state index is 0.268. The van der Waals surface area contributed by atoms with Crippen LogP contribution in [0.25, 0.3) is 0 Å². The van der Waals surface area contributed by atoms with E-state index in [-0.39, 0.29) is 6.10 Å². The Morgan fingerprint density at radius 1 is 0.950 bits per heavy atom. The Morgan fingerprint density at radius 2 is 1.60 bits per heavy atom. The minimum atomic E-state index is -0.268. The topological polar surface area (TPSA) is 35.2 Å². The molecule has 2 aromatic rings. The van der Waals surface area contributed by atoms with Gasteiger partial charge in [0.2, 0.25) is 0 Å². The first kappa shape index (κ1) is 15.6. The fourth-order valence-corrected chi connectivity index (χ4v) is 2.48. The second-order valence-electron chi connectivity index (χ2n) is 4.33. The number of halogens is 3. The molecule has 0 saturated carbocycles. The summed E-state index contributed by atoms with van der Waals surface area (Å²) >= 11 is 17.9. The highest BCUT2D eigenvalue weighted by Gasteiger charge is 2.14. The molecule has 2 rings (SSSR count). The van der Waals surface area contributed by atoms with Gasteiger partial charge in [-0.15, -0.1) is 0 Å². The van der Waals surface area contributed by atoms with E-state index in [2.05, 4.69) is 0 Å². The zero-order chi connectivity index (χ0) is 14.5. The van der Waals surface area contributed by atoms with Crippen LogP contribution in [0.5, 0.6) is 0 Å². The van der Waals surface area contributed by atoms with Crippen LogP contribution in [0, 0.1) is 0 Å². The summed E-state index contributed by atoms with van der Waals surface area (Å²) in [6.45, 7) is 0.785. The molecular formula is C15H14Cl3NO. The summed E-state index contributed by atoms with van der Waals surface area (Å²) in [5.41, 5.74) is 7.63. The maximum absolute atomic E-state index is 6.17. The van der Waals surface area contributed by atoms with Crippen LogP contribution in [0.3, 0.4) is 0 Å². The third kappa shape index (κ3) is 4.11. The van der Waals surface area contributed by atoms with E-state index in [1.54, 1.807) is 12.1 Å². The van der Waals surface area contributed by atoms with Gasteiger partial charge in [0.05, 0.1) is 12.7 Å². The number of hydrogen-bond donors (Lipinski definition) is 1. The number of nitrogens with two attached hydrogens (primary N) is 1. The lowest BCUT2D eigenvalue weighted by molar-refractivity contribution is 0.0457. The van der Waals surface area contributed by atoms with Gasteiger partial charge in [-0.1, -0.05) is 53.0 Å². The maximum Gasteiger partial charge on any atom is 0.0965 e. The molecule has 0 aliphatic heterocycles. The molecule has 5 heteroatoms. The van der Waals surface area contributed by atoms with Crippen LogP contribution in [-0.4, -0.2) is 6.54 Å². The van der Waals surface area contributed by atoms with Crippen molar-refractivity contribution in [3.8, 4) is 0 Å². The molecule has 2 N–H and O–H groups in total. The molecule has 0 aromatic heterocycles. The highest BCUT2D eigenvalue weighted by atomic mass is 35.5. The smallest absolute Gasteiger partial charge is 0.0965 e. The summed E-state index contributed by atoms with van der Waals surface area (Å²) in [5, 5.41) is 1.85. The maximum atomic E-state index is 6.17. The van der Waals surface area contributed by atoms with Crippen molar-refractivity contribution in [2.45, 2.75) is 12.7 Å². The van der Waals surface area contributed by atoms with Crippen molar-refractivity contribution in [3.63, 3.8) is 0 Å². The molecule has 2 aromatic carbocycles. The first-order valence-corrected chi connectivity index (χ1v) is 7.24. The van der Waals surface area contributed by atoms with Crippen molar-refractivity contribution in [2.75, 3.05) is 6.54 Å². The van der Waals surface area contributed by atoms with Crippen LogP contribution in [0.2, 0.25) is 15.1 Å². The number of benzene rings is 2. The van der Waals surface area contributed by atoms with Crippen molar-refractivity contribution >= 4 is 34.8 Å². The van der Waals surface area contributed by atoms with E-state index >= 15 is 0 Å². The SMILES string of the molecule is NCC(OCc1ccc(Cl)cc1)c1ccc(Cl)cc1Cl. The van der Waals surface area contributed by atoms with Crippen LogP contribution in [0.15, 0.2) is 42.5 Å². The Kier molecular flexibility index (Phi) is 5.70. The van der Waals surface area contributed by atoms with Crippen LogP contribution in [0.1, 0.15) is 17.2 Å². The Bertz CT molecular complexity index is 572. The monoisotopic (exact) mass is 329 g/mol. The van der Waals surface area contributed by atoms with Gasteiger partial charge in [-0.2, -0.15) is 0 Å². The summed E-state index contributed by atoms with van der Waals surface area (Å²) in [7, 11) is 0. The number of ether oxygens (including phenoxy) is 1.